The summed E-state index contributed by atoms with van der Waals surface area (Å²) in [6.45, 7) is 0. The Morgan fingerprint density at radius 3 is 2.42 bits per heavy atom. The minimum Gasteiger partial charge on any atom is -0.369 e. The van der Waals surface area contributed by atoms with Crippen LogP contribution >= 0.6 is 0 Å². The Labute approximate surface area is 106 Å². The number of aromatic nitrogens is 2. The molecule has 0 aliphatic heterocycles. The Morgan fingerprint density at radius 1 is 0.947 bits per heavy atom. The number of nitrogens with zero attached hydrogens (tertiary/aromatic N) is 2. The first kappa shape index (κ1) is 11.6. The summed E-state index contributed by atoms with van der Waals surface area (Å²) >= 11 is 0. The number of nitrogen functional groups attached to an aromatic ring is 1. The van der Waals surface area contributed by atoms with Crippen molar-refractivity contribution in [3.05, 3.63) is 53.8 Å². The number of benzene rings is 2. The molecule has 96 valence electrons. The van der Waals surface area contributed by atoms with E-state index in [1.165, 1.54) is 4.57 Å². The van der Waals surface area contributed by atoms with Crippen molar-refractivity contribution in [2.75, 3.05) is 5.73 Å². The van der Waals surface area contributed by atoms with Gasteiger partial charge in [0.25, 0.3) is 0 Å². The van der Waals surface area contributed by atoms with E-state index in [-0.39, 0.29) is 11.6 Å². The average molecular weight is 263 g/mol. The molecule has 2 N–H and O–H groups in total. The van der Waals surface area contributed by atoms with E-state index in [0.717, 1.165) is 6.07 Å². The highest BCUT2D eigenvalue weighted by atomic mass is 19.2. The molecule has 0 aliphatic carbocycles. The first-order valence-electron chi connectivity index (χ1n) is 5.46. The van der Waals surface area contributed by atoms with Crippen LogP contribution in [0.25, 0.3) is 16.7 Å². The molecule has 3 rings (SSSR count). The SMILES string of the molecule is Nc1nc2ccccc2n1-c1cc(F)c(F)cc1F. The van der Waals surface area contributed by atoms with Gasteiger partial charge in [-0.25, -0.2) is 18.2 Å². The maximum absolute atomic E-state index is 13.8. The van der Waals surface area contributed by atoms with E-state index >= 15 is 0 Å². The summed E-state index contributed by atoms with van der Waals surface area (Å²) in [7, 11) is 0. The molecule has 0 spiro atoms. The highest BCUT2D eigenvalue weighted by Crippen LogP contribution is 2.26. The van der Waals surface area contributed by atoms with E-state index in [1.54, 1.807) is 24.3 Å². The van der Waals surface area contributed by atoms with Crippen molar-refractivity contribution >= 4 is 17.0 Å². The lowest BCUT2D eigenvalue weighted by atomic mass is 10.2. The molecule has 0 atom stereocenters. The van der Waals surface area contributed by atoms with Gasteiger partial charge in [0.05, 0.1) is 16.7 Å². The molecule has 0 bridgehead atoms. The fraction of sp³-hybridized carbons (Fsp3) is 0. The molecule has 0 saturated carbocycles. The lowest BCUT2D eigenvalue weighted by molar-refractivity contribution is 0.493. The number of anilines is 1. The fourth-order valence-corrected chi connectivity index (χ4v) is 1.98. The summed E-state index contributed by atoms with van der Waals surface area (Å²) in [5.41, 5.74) is 6.60. The summed E-state index contributed by atoms with van der Waals surface area (Å²) in [4.78, 5) is 4.04. The van der Waals surface area contributed by atoms with Crippen LogP contribution in [-0.2, 0) is 0 Å². The maximum Gasteiger partial charge on any atom is 0.206 e. The van der Waals surface area contributed by atoms with E-state index in [1.807, 2.05) is 0 Å². The number of halogens is 3. The van der Waals surface area contributed by atoms with Crippen molar-refractivity contribution in [2.45, 2.75) is 0 Å². The van der Waals surface area contributed by atoms with Crippen LogP contribution in [-0.4, -0.2) is 9.55 Å². The van der Waals surface area contributed by atoms with Crippen molar-refractivity contribution < 1.29 is 13.2 Å². The number of fused-ring (bicyclic) bond motifs is 1. The lowest BCUT2D eigenvalue weighted by Crippen LogP contribution is -2.04. The minimum atomic E-state index is -1.25. The molecule has 0 amide bonds. The smallest absolute Gasteiger partial charge is 0.206 e. The Balaban J connectivity index is 2.36. The zero-order valence-electron chi connectivity index (χ0n) is 9.57. The van der Waals surface area contributed by atoms with E-state index < -0.39 is 17.5 Å². The van der Waals surface area contributed by atoms with Gasteiger partial charge in [0, 0.05) is 12.1 Å². The quantitative estimate of drug-likeness (QED) is 0.686. The predicted molar refractivity (Wildman–Crippen MR) is 65.4 cm³/mol. The minimum absolute atomic E-state index is 0.00566. The van der Waals surface area contributed by atoms with E-state index in [4.69, 9.17) is 5.73 Å². The number of imidazole rings is 1. The summed E-state index contributed by atoms with van der Waals surface area (Å²) in [6, 6.07) is 8.08. The highest BCUT2D eigenvalue weighted by Gasteiger charge is 2.16. The molecule has 6 heteroatoms. The standard InChI is InChI=1S/C13H8F3N3/c14-7-5-9(16)12(6-8(7)15)19-11-4-2-1-3-10(11)18-13(19)17/h1-6H,(H2,17,18). The molecular formula is C13H8F3N3. The van der Waals surface area contributed by atoms with Crippen LogP contribution in [0.3, 0.4) is 0 Å². The third-order valence-corrected chi connectivity index (χ3v) is 2.82. The summed E-state index contributed by atoms with van der Waals surface area (Å²) in [5.74, 6) is -3.29. The topological polar surface area (TPSA) is 43.8 Å². The van der Waals surface area contributed by atoms with Gasteiger partial charge >= 0.3 is 0 Å². The van der Waals surface area contributed by atoms with Crippen LogP contribution in [0.1, 0.15) is 0 Å². The van der Waals surface area contributed by atoms with Crippen molar-refractivity contribution in [3.63, 3.8) is 0 Å². The third kappa shape index (κ3) is 1.72. The molecule has 1 aromatic heterocycles. The van der Waals surface area contributed by atoms with Crippen molar-refractivity contribution in [1.82, 2.24) is 9.55 Å². The molecule has 0 radical (unpaired) electrons. The van der Waals surface area contributed by atoms with Gasteiger partial charge < -0.3 is 5.73 Å². The molecule has 3 nitrogen and oxygen atoms in total. The maximum atomic E-state index is 13.8. The molecule has 3 aromatic rings. The Morgan fingerprint density at radius 2 is 1.63 bits per heavy atom. The van der Waals surface area contributed by atoms with Crippen molar-refractivity contribution in [1.29, 1.82) is 0 Å². The van der Waals surface area contributed by atoms with Crippen LogP contribution in [0, 0.1) is 17.5 Å². The molecule has 0 aliphatic rings. The molecule has 0 fully saturated rings. The Kier molecular flexibility index (Phi) is 2.45. The van der Waals surface area contributed by atoms with Crippen molar-refractivity contribution in [2.24, 2.45) is 0 Å². The van der Waals surface area contributed by atoms with Gasteiger partial charge in [-0.3, -0.25) is 4.57 Å². The van der Waals surface area contributed by atoms with Gasteiger partial charge in [-0.2, -0.15) is 0 Å². The zero-order chi connectivity index (χ0) is 13.6. The van der Waals surface area contributed by atoms with Gasteiger partial charge in [-0.05, 0) is 12.1 Å². The third-order valence-electron chi connectivity index (χ3n) is 2.82. The zero-order valence-corrected chi connectivity index (χ0v) is 9.57. The summed E-state index contributed by atoms with van der Waals surface area (Å²) < 4.78 is 41.2. The monoisotopic (exact) mass is 263 g/mol. The molecule has 0 saturated heterocycles. The van der Waals surface area contributed by atoms with Gasteiger partial charge in [0.2, 0.25) is 5.95 Å². The van der Waals surface area contributed by atoms with E-state index in [0.29, 0.717) is 17.1 Å². The van der Waals surface area contributed by atoms with Crippen LogP contribution in [0.15, 0.2) is 36.4 Å². The average Bonchev–Trinajstić information content (AvgIpc) is 2.70. The van der Waals surface area contributed by atoms with Gasteiger partial charge in [-0.15, -0.1) is 0 Å². The van der Waals surface area contributed by atoms with Crippen LogP contribution in [0.4, 0.5) is 19.1 Å². The second kappa shape index (κ2) is 4.01. The number of hydrogen-bond donors (Lipinski definition) is 1. The molecule has 1 heterocycles. The summed E-state index contributed by atoms with van der Waals surface area (Å²) in [6.07, 6.45) is 0. The Hall–Kier alpha value is -2.50. The van der Waals surface area contributed by atoms with Gasteiger partial charge in [0.15, 0.2) is 11.6 Å². The van der Waals surface area contributed by atoms with Gasteiger partial charge in [-0.1, -0.05) is 12.1 Å². The van der Waals surface area contributed by atoms with Crippen LogP contribution in [0.2, 0.25) is 0 Å². The Bertz CT molecular complexity index is 780. The largest absolute Gasteiger partial charge is 0.369 e. The fourth-order valence-electron chi connectivity index (χ4n) is 1.98. The van der Waals surface area contributed by atoms with Gasteiger partial charge in [0.1, 0.15) is 5.82 Å². The van der Waals surface area contributed by atoms with Crippen LogP contribution < -0.4 is 5.73 Å². The highest BCUT2D eigenvalue weighted by molar-refractivity contribution is 5.80. The number of nitrogens with two attached hydrogens (primary N) is 1. The van der Waals surface area contributed by atoms with E-state index in [9.17, 15) is 13.2 Å². The second-order valence-electron chi connectivity index (χ2n) is 4.01. The summed E-state index contributed by atoms with van der Waals surface area (Å²) in [5, 5.41) is 0. The lowest BCUT2D eigenvalue weighted by Gasteiger charge is -2.08. The number of para-hydroxylation sites is 2. The first-order valence-corrected chi connectivity index (χ1v) is 5.46. The second-order valence-corrected chi connectivity index (χ2v) is 4.01. The number of hydrogen-bond acceptors (Lipinski definition) is 2. The normalized spacial score (nSPS) is 11.1. The molecule has 19 heavy (non-hydrogen) atoms. The van der Waals surface area contributed by atoms with Crippen molar-refractivity contribution in [3.8, 4) is 5.69 Å². The molecular weight excluding hydrogens is 255 g/mol. The molecule has 2 aromatic carbocycles. The van der Waals surface area contributed by atoms with E-state index in [2.05, 4.69) is 4.98 Å². The predicted octanol–water partition coefficient (Wildman–Crippen LogP) is 3.03. The molecule has 0 unspecified atom stereocenters. The first-order chi connectivity index (χ1) is 9.08. The van der Waals surface area contributed by atoms with Crippen LogP contribution in [0.5, 0.6) is 0 Å². The number of rotatable bonds is 1.